The molecule has 1 atom stereocenters. The highest BCUT2D eigenvalue weighted by Crippen LogP contribution is 2.26. The van der Waals surface area contributed by atoms with Gasteiger partial charge in [-0.2, -0.15) is 10.2 Å². The molecule has 96 valence electrons. The van der Waals surface area contributed by atoms with Crippen molar-refractivity contribution in [2.45, 2.75) is 26.4 Å². The summed E-state index contributed by atoms with van der Waals surface area (Å²) in [5.41, 5.74) is 6.44. The SMILES string of the molecule is CCn1cc(C(C)n2ncc([N+](=O)[O-])c2N)cn1. The highest BCUT2D eigenvalue weighted by molar-refractivity contribution is 5.51. The Hall–Kier alpha value is -2.38. The van der Waals surface area contributed by atoms with Crippen molar-refractivity contribution in [3.8, 4) is 0 Å². The minimum atomic E-state index is -0.541. The van der Waals surface area contributed by atoms with Gasteiger partial charge in [0.1, 0.15) is 6.20 Å². The van der Waals surface area contributed by atoms with Crippen LogP contribution in [0.25, 0.3) is 0 Å². The molecule has 0 aliphatic carbocycles. The van der Waals surface area contributed by atoms with Crippen molar-refractivity contribution >= 4 is 11.5 Å². The first kappa shape index (κ1) is 12.1. The molecule has 2 heterocycles. The fraction of sp³-hybridized carbons (Fsp3) is 0.400. The number of hydrogen-bond donors (Lipinski definition) is 1. The number of hydrogen-bond acceptors (Lipinski definition) is 5. The Balaban J connectivity index is 2.33. The lowest BCUT2D eigenvalue weighted by atomic mass is 10.2. The summed E-state index contributed by atoms with van der Waals surface area (Å²) in [7, 11) is 0. The zero-order valence-corrected chi connectivity index (χ0v) is 10.1. The molecule has 0 fully saturated rings. The standard InChI is InChI=1S/C10H14N6O2/c1-3-14-6-8(4-12-14)7(2)15-10(11)9(5-13-15)16(17)18/h4-7H,3,11H2,1-2H3. The number of aryl methyl sites for hydroxylation is 1. The van der Waals surface area contributed by atoms with E-state index in [2.05, 4.69) is 10.2 Å². The van der Waals surface area contributed by atoms with Gasteiger partial charge in [0, 0.05) is 18.3 Å². The lowest BCUT2D eigenvalue weighted by Gasteiger charge is -2.10. The molecule has 0 aliphatic heterocycles. The molecule has 0 saturated carbocycles. The molecule has 8 nitrogen and oxygen atoms in total. The summed E-state index contributed by atoms with van der Waals surface area (Å²) in [5.74, 6) is 0.0525. The van der Waals surface area contributed by atoms with Crippen molar-refractivity contribution in [2.75, 3.05) is 5.73 Å². The molecular formula is C10H14N6O2. The van der Waals surface area contributed by atoms with E-state index in [0.29, 0.717) is 0 Å². The number of aromatic nitrogens is 4. The molecule has 0 radical (unpaired) electrons. The Morgan fingerprint density at radius 1 is 1.50 bits per heavy atom. The van der Waals surface area contributed by atoms with Gasteiger partial charge in [-0.15, -0.1) is 0 Å². The molecule has 0 spiro atoms. The smallest absolute Gasteiger partial charge is 0.330 e. The second-order valence-electron chi connectivity index (χ2n) is 3.92. The summed E-state index contributed by atoms with van der Waals surface area (Å²) < 4.78 is 3.20. The summed E-state index contributed by atoms with van der Waals surface area (Å²) in [6, 6.07) is -0.195. The van der Waals surface area contributed by atoms with E-state index < -0.39 is 4.92 Å². The average molecular weight is 250 g/mol. The summed E-state index contributed by atoms with van der Waals surface area (Å²) in [4.78, 5) is 10.2. The molecule has 2 rings (SSSR count). The van der Waals surface area contributed by atoms with Gasteiger partial charge in [0.15, 0.2) is 0 Å². The third kappa shape index (κ3) is 1.92. The van der Waals surface area contributed by atoms with Gasteiger partial charge in [-0.05, 0) is 13.8 Å². The maximum atomic E-state index is 10.7. The maximum absolute atomic E-state index is 10.7. The lowest BCUT2D eigenvalue weighted by Crippen LogP contribution is -2.11. The van der Waals surface area contributed by atoms with Crippen LogP contribution >= 0.6 is 0 Å². The monoisotopic (exact) mass is 250 g/mol. The van der Waals surface area contributed by atoms with Gasteiger partial charge in [-0.3, -0.25) is 14.8 Å². The summed E-state index contributed by atoms with van der Waals surface area (Å²) in [5, 5.41) is 18.8. The molecule has 0 saturated heterocycles. The van der Waals surface area contributed by atoms with E-state index in [1.807, 2.05) is 20.0 Å². The quantitative estimate of drug-likeness (QED) is 0.648. The molecular weight excluding hydrogens is 236 g/mol. The zero-order chi connectivity index (χ0) is 13.3. The van der Waals surface area contributed by atoms with E-state index in [9.17, 15) is 10.1 Å². The molecule has 8 heteroatoms. The Bertz CT molecular complexity index is 573. The predicted molar refractivity (Wildman–Crippen MR) is 65.0 cm³/mol. The van der Waals surface area contributed by atoms with Crippen LogP contribution in [0.3, 0.4) is 0 Å². The van der Waals surface area contributed by atoms with Crippen LogP contribution in [0, 0.1) is 10.1 Å². The van der Waals surface area contributed by atoms with Crippen molar-refractivity contribution in [3.63, 3.8) is 0 Å². The average Bonchev–Trinajstić information content (AvgIpc) is 2.94. The van der Waals surface area contributed by atoms with Gasteiger partial charge in [-0.25, -0.2) is 4.68 Å². The van der Waals surface area contributed by atoms with Crippen molar-refractivity contribution < 1.29 is 4.92 Å². The van der Waals surface area contributed by atoms with Gasteiger partial charge in [0.25, 0.3) is 0 Å². The second kappa shape index (κ2) is 4.47. The third-order valence-electron chi connectivity index (χ3n) is 2.84. The summed E-state index contributed by atoms with van der Waals surface area (Å²) in [6.07, 6.45) is 4.74. The minimum Gasteiger partial charge on any atom is -0.378 e. The maximum Gasteiger partial charge on any atom is 0.330 e. The first-order chi connectivity index (χ1) is 8.54. The van der Waals surface area contributed by atoms with E-state index in [0.717, 1.165) is 18.3 Å². The van der Waals surface area contributed by atoms with Crippen LogP contribution in [0.2, 0.25) is 0 Å². The van der Waals surface area contributed by atoms with Crippen molar-refractivity contribution in [3.05, 3.63) is 34.3 Å². The van der Waals surface area contributed by atoms with Crippen LogP contribution in [0.4, 0.5) is 11.5 Å². The molecule has 18 heavy (non-hydrogen) atoms. The topological polar surface area (TPSA) is 105 Å². The molecule has 0 amide bonds. The van der Waals surface area contributed by atoms with Gasteiger partial charge in [-0.1, -0.05) is 0 Å². The number of nitrogens with zero attached hydrogens (tertiary/aromatic N) is 5. The number of nitro groups is 1. The highest BCUT2D eigenvalue weighted by atomic mass is 16.6. The predicted octanol–water partition coefficient (Wildman–Crippen LogP) is 1.20. The van der Waals surface area contributed by atoms with Crippen LogP contribution in [-0.2, 0) is 6.54 Å². The van der Waals surface area contributed by atoms with Crippen molar-refractivity contribution in [2.24, 2.45) is 0 Å². The van der Waals surface area contributed by atoms with Gasteiger partial charge in [0.2, 0.25) is 5.82 Å². The van der Waals surface area contributed by atoms with E-state index in [1.165, 1.54) is 4.68 Å². The van der Waals surface area contributed by atoms with Gasteiger partial charge in [0.05, 0.1) is 17.2 Å². The lowest BCUT2D eigenvalue weighted by molar-refractivity contribution is -0.384. The van der Waals surface area contributed by atoms with Crippen LogP contribution in [0.5, 0.6) is 0 Å². The first-order valence-electron chi connectivity index (χ1n) is 5.54. The minimum absolute atomic E-state index is 0.0525. The number of nitrogen functional groups attached to an aromatic ring is 1. The van der Waals surface area contributed by atoms with Crippen LogP contribution < -0.4 is 5.73 Å². The Morgan fingerprint density at radius 2 is 2.22 bits per heavy atom. The van der Waals surface area contributed by atoms with E-state index in [-0.39, 0.29) is 17.5 Å². The fourth-order valence-electron chi connectivity index (χ4n) is 1.72. The van der Waals surface area contributed by atoms with Crippen LogP contribution in [-0.4, -0.2) is 24.5 Å². The highest BCUT2D eigenvalue weighted by Gasteiger charge is 2.22. The molecule has 2 aromatic heterocycles. The number of rotatable bonds is 4. The first-order valence-corrected chi connectivity index (χ1v) is 5.54. The Morgan fingerprint density at radius 3 is 2.72 bits per heavy atom. The number of anilines is 1. The Labute approximate surface area is 103 Å². The van der Waals surface area contributed by atoms with E-state index in [4.69, 9.17) is 5.73 Å². The molecule has 0 aliphatic rings. The third-order valence-corrected chi connectivity index (χ3v) is 2.84. The van der Waals surface area contributed by atoms with Crippen LogP contribution in [0.1, 0.15) is 25.5 Å². The fourth-order valence-corrected chi connectivity index (χ4v) is 1.72. The molecule has 2 N–H and O–H groups in total. The molecule has 1 unspecified atom stereocenters. The largest absolute Gasteiger partial charge is 0.378 e. The van der Waals surface area contributed by atoms with Crippen LogP contribution in [0.15, 0.2) is 18.6 Å². The summed E-state index contributed by atoms with van der Waals surface area (Å²) in [6.45, 7) is 4.61. The molecule has 0 aromatic carbocycles. The van der Waals surface area contributed by atoms with Gasteiger partial charge < -0.3 is 5.73 Å². The summed E-state index contributed by atoms with van der Waals surface area (Å²) >= 11 is 0. The molecule has 2 aromatic rings. The Kier molecular flexibility index (Phi) is 3.00. The second-order valence-corrected chi connectivity index (χ2v) is 3.92. The normalized spacial score (nSPS) is 12.6. The van der Waals surface area contributed by atoms with E-state index >= 15 is 0 Å². The van der Waals surface area contributed by atoms with Gasteiger partial charge >= 0.3 is 5.69 Å². The zero-order valence-electron chi connectivity index (χ0n) is 10.1. The molecule has 0 bridgehead atoms. The van der Waals surface area contributed by atoms with E-state index in [1.54, 1.807) is 10.9 Å². The van der Waals surface area contributed by atoms with Crippen molar-refractivity contribution in [1.29, 1.82) is 0 Å². The van der Waals surface area contributed by atoms with Crippen molar-refractivity contribution in [1.82, 2.24) is 19.6 Å². The number of nitrogens with two attached hydrogens (primary N) is 1.